The number of benzene rings is 1. The molecule has 0 aromatic heterocycles. The second-order valence-corrected chi connectivity index (χ2v) is 4.82. The lowest BCUT2D eigenvalue weighted by Crippen LogP contribution is -2.23. The fourth-order valence-corrected chi connectivity index (χ4v) is 2.02. The summed E-state index contributed by atoms with van der Waals surface area (Å²) in [5, 5.41) is 3.35. The summed E-state index contributed by atoms with van der Waals surface area (Å²) in [5.74, 6) is 0. The molecule has 0 amide bonds. The first-order valence-corrected chi connectivity index (χ1v) is 7.31. The van der Waals surface area contributed by atoms with Crippen molar-refractivity contribution in [3.05, 3.63) is 35.4 Å². The molecular weight excluding hydrogens is 220 g/mol. The highest BCUT2D eigenvalue weighted by atomic mass is 15.1. The van der Waals surface area contributed by atoms with Gasteiger partial charge in [0.1, 0.15) is 0 Å². The maximum absolute atomic E-state index is 3.35. The summed E-state index contributed by atoms with van der Waals surface area (Å²) in [4.78, 5) is 2.52. The number of hydrogen-bond acceptors (Lipinski definition) is 2. The van der Waals surface area contributed by atoms with Crippen LogP contribution in [0.3, 0.4) is 0 Å². The van der Waals surface area contributed by atoms with Crippen molar-refractivity contribution in [3.63, 3.8) is 0 Å². The molecule has 0 fully saturated rings. The number of nitrogens with one attached hydrogen (secondary N) is 1. The van der Waals surface area contributed by atoms with Crippen LogP contribution in [0.25, 0.3) is 0 Å². The number of rotatable bonds is 9. The van der Waals surface area contributed by atoms with Crippen molar-refractivity contribution in [2.45, 2.75) is 46.7 Å². The lowest BCUT2D eigenvalue weighted by molar-refractivity contribution is 0.275. The molecule has 0 bridgehead atoms. The van der Waals surface area contributed by atoms with Gasteiger partial charge in [-0.15, -0.1) is 0 Å². The fraction of sp³-hybridized carbons (Fsp3) is 0.625. The Morgan fingerprint density at radius 3 is 2.22 bits per heavy atom. The molecule has 18 heavy (non-hydrogen) atoms. The van der Waals surface area contributed by atoms with Crippen LogP contribution < -0.4 is 5.32 Å². The monoisotopic (exact) mass is 248 g/mol. The predicted molar refractivity (Wildman–Crippen MR) is 79.7 cm³/mol. The third-order valence-corrected chi connectivity index (χ3v) is 3.28. The Balaban J connectivity index is 2.45. The quantitative estimate of drug-likeness (QED) is 0.720. The van der Waals surface area contributed by atoms with Crippen molar-refractivity contribution >= 4 is 0 Å². The van der Waals surface area contributed by atoms with E-state index in [9.17, 15) is 0 Å². The molecule has 1 aromatic carbocycles. The van der Waals surface area contributed by atoms with Gasteiger partial charge in [0.05, 0.1) is 0 Å². The Labute approximate surface area is 112 Å². The molecule has 0 radical (unpaired) electrons. The summed E-state index contributed by atoms with van der Waals surface area (Å²) in [6.07, 6.45) is 2.57. The molecule has 0 unspecified atom stereocenters. The van der Waals surface area contributed by atoms with Crippen molar-refractivity contribution in [1.29, 1.82) is 0 Å². The van der Waals surface area contributed by atoms with Gasteiger partial charge in [0, 0.05) is 13.1 Å². The first kappa shape index (κ1) is 15.2. The Morgan fingerprint density at radius 2 is 1.67 bits per heavy atom. The van der Waals surface area contributed by atoms with Gasteiger partial charge in [-0.1, -0.05) is 51.5 Å². The zero-order valence-electron chi connectivity index (χ0n) is 12.2. The number of hydrogen-bond donors (Lipinski definition) is 1. The van der Waals surface area contributed by atoms with Gasteiger partial charge in [-0.05, 0) is 37.2 Å². The first-order valence-electron chi connectivity index (χ1n) is 7.31. The fourth-order valence-electron chi connectivity index (χ4n) is 2.02. The largest absolute Gasteiger partial charge is 0.313 e. The van der Waals surface area contributed by atoms with Gasteiger partial charge in [-0.25, -0.2) is 0 Å². The average Bonchev–Trinajstić information content (AvgIpc) is 2.42. The van der Waals surface area contributed by atoms with Crippen molar-refractivity contribution in [2.75, 3.05) is 19.6 Å². The predicted octanol–water partition coefficient (Wildman–Crippen LogP) is 3.42. The standard InChI is InChI=1S/C16H28N2/c1-4-7-12-18(6-3)14-16-10-8-15(9-11-16)13-17-5-2/h8-11,17H,4-7,12-14H2,1-3H3. The highest BCUT2D eigenvalue weighted by Gasteiger charge is 2.03. The minimum absolute atomic E-state index is 0.976. The summed E-state index contributed by atoms with van der Waals surface area (Å²) >= 11 is 0. The van der Waals surface area contributed by atoms with E-state index >= 15 is 0 Å². The van der Waals surface area contributed by atoms with Crippen LogP contribution in [0.2, 0.25) is 0 Å². The molecule has 0 aliphatic rings. The number of unbranched alkanes of at least 4 members (excludes halogenated alkanes) is 1. The normalized spacial score (nSPS) is 11.1. The van der Waals surface area contributed by atoms with E-state index in [1.54, 1.807) is 0 Å². The lowest BCUT2D eigenvalue weighted by atomic mass is 10.1. The Hall–Kier alpha value is -0.860. The molecular formula is C16H28N2. The van der Waals surface area contributed by atoms with Crippen molar-refractivity contribution in [1.82, 2.24) is 10.2 Å². The van der Waals surface area contributed by atoms with Gasteiger partial charge >= 0.3 is 0 Å². The Morgan fingerprint density at radius 1 is 1.00 bits per heavy atom. The van der Waals surface area contributed by atoms with Crippen LogP contribution in [0.4, 0.5) is 0 Å². The smallest absolute Gasteiger partial charge is 0.0233 e. The zero-order valence-corrected chi connectivity index (χ0v) is 12.2. The van der Waals surface area contributed by atoms with Gasteiger partial charge in [-0.3, -0.25) is 4.90 Å². The van der Waals surface area contributed by atoms with E-state index in [1.807, 2.05) is 0 Å². The molecule has 1 aromatic rings. The van der Waals surface area contributed by atoms with Crippen LogP contribution in [-0.4, -0.2) is 24.5 Å². The molecule has 0 saturated heterocycles. The second kappa shape index (κ2) is 9.12. The Bertz CT molecular complexity index is 305. The highest BCUT2D eigenvalue weighted by Crippen LogP contribution is 2.08. The molecule has 1 rings (SSSR count). The van der Waals surface area contributed by atoms with E-state index in [0.29, 0.717) is 0 Å². The minimum Gasteiger partial charge on any atom is -0.313 e. The van der Waals surface area contributed by atoms with Crippen LogP contribution >= 0.6 is 0 Å². The van der Waals surface area contributed by atoms with Crippen LogP contribution in [-0.2, 0) is 13.1 Å². The lowest BCUT2D eigenvalue weighted by Gasteiger charge is -2.20. The van der Waals surface area contributed by atoms with Gasteiger partial charge in [-0.2, -0.15) is 0 Å². The second-order valence-electron chi connectivity index (χ2n) is 4.82. The first-order chi connectivity index (χ1) is 8.80. The minimum atomic E-state index is 0.976. The maximum Gasteiger partial charge on any atom is 0.0233 e. The molecule has 0 aliphatic heterocycles. The van der Waals surface area contributed by atoms with E-state index in [-0.39, 0.29) is 0 Å². The van der Waals surface area contributed by atoms with E-state index in [4.69, 9.17) is 0 Å². The molecule has 0 aliphatic carbocycles. The number of nitrogens with zero attached hydrogens (tertiary/aromatic N) is 1. The van der Waals surface area contributed by atoms with Crippen molar-refractivity contribution < 1.29 is 0 Å². The van der Waals surface area contributed by atoms with Crippen LogP contribution in [0.5, 0.6) is 0 Å². The Kier molecular flexibility index (Phi) is 7.70. The summed E-state index contributed by atoms with van der Waals surface area (Å²) in [6.45, 7) is 12.1. The molecule has 2 heteroatoms. The van der Waals surface area contributed by atoms with Crippen molar-refractivity contribution in [2.24, 2.45) is 0 Å². The van der Waals surface area contributed by atoms with Crippen LogP contribution in [0.1, 0.15) is 44.7 Å². The van der Waals surface area contributed by atoms with Gasteiger partial charge < -0.3 is 5.32 Å². The summed E-state index contributed by atoms with van der Waals surface area (Å²) < 4.78 is 0. The van der Waals surface area contributed by atoms with Gasteiger partial charge in [0.2, 0.25) is 0 Å². The zero-order chi connectivity index (χ0) is 13.2. The van der Waals surface area contributed by atoms with E-state index < -0.39 is 0 Å². The third-order valence-electron chi connectivity index (χ3n) is 3.28. The van der Waals surface area contributed by atoms with Crippen LogP contribution in [0, 0.1) is 0 Å². The molecule has 1 N–H and O–H groups in total. The van der Waals surface area contributed by atoms with Crippen molar-refractivity contribution in [3.8, 4) is 0 Å². The molecule has 0 spiro atoms. The summed E-state index contributed by atoms with van der Waals surface area (Å²) in [5.41, 5.74) is 2.80. The highest BCUT2D eigenvalue weighted by molar-refractivity contribution is 5.22. The van der Waals surface area contributed by atoms with Gasteiger partial charge in [0.25, 0.3) is 0 Å². The van der Waals surface area contributed by atoms with E-state index in [1.165, 1.54) is 30.5 Å². The maximum atomic E-state index is 3.35. The topological polar surface area (TPSA) is 15.3 Å². The third kappa shape index (κ3) is 5.65. The molecule has 102 valence electrons. The van der Waals surface area contributed by atoms with Gasteiger partial charge in [0.15, 0.2) is 0 Å². The average molecular weight is 248 g/mol. The van der Waals surface area contributed by atoms with E-state index in [0.717, 1.165) is 26.2 Å². The molecule has 0 atom stereocenters. The summed E-state index contributed by atoms with van der Waals surface area (Å²) in [6, 6.07) is 9.01. The molecule has 2 nitrogen and oxygen atoms in total. The molecule has 0 heterocycles. The van der Waals surface area contributed by atoms with E-state index in [2.05, 4.69) is 55.3 Å². The SMILES string of the molecule is CCCCN(CC)Cc1ccc(CNCC)cc1. The molecule has 0 saturated carbocycles. The summed E-state index contributed by atoms with van der Waals surface area (Å²) in [7, 11) is 0. The van der Waals surface area contributed by atoms with Crippen LogP contribution in [0.15, 0.2) is 24.3 Å².